The minimum atomic E-state index is -1.04. The Morgan fingerprint density at radius 2 is 2.17 bits per heavy atom. The van der Waals surface area contributed by atoms with Crippen LogP contribution in [0.3, 0.4) is 0 Å². The molecule has 0 aliphatic heterocycles. The zero-order chi connectivity index (χ0) is 13.1. The van der Waals surface area contributed by atoms with Crippen LogP contribution in [0.2, 0.25) is 0 Å². The molecule has 2 aromatic rings. The number of fused-ring (bicyclic) bond motifs is 1. The molecule has 0 saturated carbocycles. The molecule has 5 heteroatoms. The SMILES string of the molecule is Cc1ccc2[nH]cc(CC(=O)NCC(=O)O)c2c1. The summed E-state index contributed by atoms with van der Waals surface area (Å²) in [5, 5.41) is 11.8. The molecule has 0 spiro atoms. The van der Waals surface area contributed by atoms with Crippen LogP contribution < -0.4 is 5.32 Å². The predicted molar refractivity (Wildman–Crippen MR) is 67.4 cm³/mol. The first-order valence-corrected chi connectivity index (χ1v) is 5.61. The van der Waals surface area contributed by atoms with Gasteiger partial charge < -0.3 is 15.4 Å². The van der Waals surface area contributed by atoms with E-state index >= 15 is 0 Å². The van der Waals surface area contributed by atoms with Gasteiger partial charge in [0.05, 0.1) is 6.42 Å². The first-order chi connectivity index (χ1) is 8.56. The number of nitrogens with one attached hydrogen (secondary N) is 2. The Balaban J connectivity index is 2.14. The number of benzene rings is 1. The normalized spacial score (nSPS) is 10.5. The molecule has 0 fully saturated rings. The highest BCUT2D eigenvalue weighted by atomic mass is 16.4. The Morgan fingerprint density at radius 3 is 2.89 bits per heavy atom. The zero-order valence-corrected chi connectivity index (χ0v) is 9.99. The van der Waals surface area contributed by atoms with Gasteiger partial charge in [-0.2, -0.15) is 0 Å². The minimum absolute atomic E-state index is 0.177. The molecule has 0 saturated heterocycles. The van der Waals surface area contributed by atoms with Crippen molar-refractivity contribution in [2.45, 2.75) is 13.3 Å². The molecule has 94 valence electrons. The van der Waals surface area contributed by atoms with Crippen molar-refractivity contribution in [3.05, 3.63) is 35.5 Å². The second kappa shape index (κ2) is 4.91. The predicted octanol–water partition coefficient (Wildman–Crippen LogP) is 1.22. The van der Waals surface area contributed by atoms with E-state index in [9.17, 15) is 9.59 Å². The van der Waals surface area contributed by atoms with Gasteiger partial charge in [0.2, 0.25) is 5.91 Å². The molecule has 0 aliphatic carbocycles. The van der Waals surface area contributed by atoms with Crippen LogP contribution in [0.5, 0.6) is 0 Å². The van der Waals surface area contributed by atoms with Crippen LogP contribution in [-0.2, 0) is 16.0 Å². The fourth-order valence-corrected chi connectivity index (χ4v) is 1.85. The molecule has 1 amide bonds. The third kappa shape index (κ3) is 2.68. The van der Waals surface area contributed by atoms with Crippen molar-refractivity contribution in [3.63, 3.8) is 0 Å². The standard InChI is InChI=1S/C13H14N2O3/c1-8-2-3-11-10(4-8)9(6-14-11)5-12(16)15-7-13(17)18/h2-4,6,14H,5,7H2,1H3,(H,15,16)(H,17,18). The number of aromatic amines is 1. The summed E-state index contributed by atoms with van der Waals surface area (Å²) in [4.78, 5) is 25.0. The van der Waals surface area contributed by atoms with Crippen LogP contribution in [0.15, 0.2) is 24.4 Å². The summed E-state index contributed by atoms with van der Waals surface area (Å²) in [7, 11) is 0. The van der Waals surface area contributed by atoms with E-state index in [1.165, 1.54) is 0 Å². The average Bonchev–Trinajstić information content (AvgIpc) is 2.69. The van der Waals surface area contributed by atoms with E-state index in [0.29, 0.717) is 0 Å². The number of hydrogen-bond acceptors (Lipinski definition) is 2. The highest BCUT2D eigenvalue weighted by Gasteiger charge is 2.09. The number of aromatic nitrogens is 1. The van der Waals surface area contributed by atoms with E-state index in [-0.39, 0.29) is 18.9 Å². The first-order valence-electron chi connectivity index (χ1n) is 5.61. The number of H-pyrrole nitrogens is 1. The molecule has 0 aliphatic rings. The lowest BCUT2D eigenvalue weighted by atomic mass is 10.1. The number of amides is 1. The Hall–Kier alpha value is -2.30. The number of hydrogen-bond donors (Lipinski definition) is 3. The summed E-state index contributed by atoms with van der Waals surface area (Å²) in [5.74, 6) is -1.34. The van der Waals surface area contributed by atoms with E-state index in [1.807, 2.05) is 25.1 Å². The minimum Gasteiger partial charge on any atom is -0.480 e. The van der Waals surface area contributed by atoms with E-state index in [4.69, 9.17) is 5.11 Å². The molecule has 1 aromatic carbocycles. The molecule has 0 bridgehead atoms. The van der Waals surface area contributed by atoms with Crippen molar-refractivity contribution in [1.82, 2.24) is 10.3 Å². The summed E-state index contributed by atoms with van der Waals surface area (Å²) in [6.07, 6.45) is 1.96. The number of carboxylic acids is 1. The van der Waals surface area contributed by atoms with Crippen molar-refractivity contribution < 1.29 is 14.7 Å². The largest absolute Gasteiger partial charge is 0.480 e. The molecular weight excluding hydrogens is 232 g/mol. The summed E-state index contributed by atoms with van der Waals surface area (Å²) in [6.45, 7) is 1.64. The number of rotatable bonds is 4. The fraction of sp³-hybridized carbons (Fsp3) is 0.231. The Bertz CT molecular complexity index is 601. The van der Waals surface area contributed by atoms with Crippen molar-refractivity contribution in [3.8, 4) is 0 Å². The topological polar surface area (TPSA) is 82.2 Å². The number of carbonyl (C=O) groups excluding carboxylic acids is 1. The van der Waals surface area contributed by atoms with Crippen molar-refractivity contribution in [2.24, 2.45) is 0 Å². The van der Waals surface area contributed by atoms with Gasteiger partial charge in [0.1, 0.15) is 6.54 Å². The first kappa shape index (κ1) is 12.2. The van der Waals surface area contributed by atoms with Crippen LogP contribution in [0.1, 0.15) is 11.1 Å². The van der Waals surface area contributed by atoms with Gasteiger partial charge in [0.15, 0.2) is 0 Å². The number of aryl methyl sites for hydroxylation is 1. The van der Waals surface area contributed by atoms with E-state index in [2.05, 4.69) is 10.3 Å². The molecule has 18 heavy (non-hydrogen) atoms. The number of aliphatic carboxylic acids is 1. The monoisotopic (exact) mass is 246 g/mol. The maximum Gasteiger partial charge on any atom is 0.322 e. The third-order valence-electron chi connectivity index (χ3n) is 2.71. The smallest absolute Gasteiger partial charge is 0.322 e. The fourth-order valence-electron chi connectivity index (χ4n) is 1.85. The third-order valence-corrected chi connectivity index (χ3v) is 2.71. The molecule has 1 heterocycles. The van der Waals surface area contributed by atoms with Crippen LogP contribution in [0, 0.1) is 6.92 Å². The molecule has 1 aromatic heterocycles. The van der Waals surface area contributed by atoms with Gasteiger partial charge in [-0.1, -0.05) is 11.6 Å². The summed E-state index contributed by atoms with van der Waals surface area (Å²) in [6, 6.07) is 5.96. The Kier molecular flexibility index (Phi) is 3.32. The second-order valence-electron chi connectivity index (χ2n) is 4.21. The van der Waals surface area contributed by atoms with Crippen LogP contribution >= 0.6 is 0 Å². The number of carboxylic acid groups (broad SMARTS) is 1. The zero-order valence-electron chi connectivity index (χ0n) is 9.99. The Labute approximate surface area is 104 Å². The van der Waals surface area contributed by atoms with Crippen molar-refractivity contribution in [1.29, 1.82) is 0 Å². The van der Waals surface area contributed by atoms with Crippen LogP contribution in [0.4, 0.5) is 0 Å². The van der Waals surface area contributed by atoms with Gasteiger partial charge in [-0.3, -0.25) is 9.59 Å². The maximum atomic E-state index is 11.6. The summed E-state index contributed by atoms with van der Waals surface area (Å²) in [5.41, 5.74) is 2.97. The molecule has 0 atom stereocenters. The van der Waals surface area contributed by atoms with Gasteiger partial charge >= 0.3 is 5.97 Å². The van der Waals surface area contributed by atoms with Crippen LogP contribution in [-0.4, -0.2) is 28.5 Å². The van der Waals surface area contributed by atoms with Gasteiger partial charge in [-0.15, -0.1) is 0 Å². The summed E-state index contributed by atoms with van der Waals surface area (Å²) >= 11 is 0. The Morgan fingerprint density at radius 1 is 1.39 bits per heavy atom. The van der Waals surface area contributed by atoms with E-state index in [1.54, 1.807) is 6.20 Å². The number of carbonyl (C=O) groups is 2. The molecule has 3 N–H and O–H groups in total. The van der Waals surface area contributed by atoms with Crippen molar-refractivity contribution >= 4 is 22.8 Å². The van der Waals surface area contributed by atoms with Gasteiger partial charge in [0.25, 0.3) is 0 Å². The maximum absolute atomic E-state index is 11.6. The molecule has 0 radical (unpaired) electrons. The lowest BCUT2D eigenvalue weighted by Gasteiger charge is -2.02. The lowest BCUT2D eigenvalue weighted by Crippen LogP contribution is -2.30. The van der Waals surface area contributed by atoms with E-state index in [0.717, 1.165) is 22.0 Å². The molecule has 2 rings (SSSR count). The van der Waals surface area contributed by atoms with Gasteiger partial charge in [0, 0.05) is 17.1 Å². The lowest BCUT2D eigenvalue weighted by molar-refractivity contribution is -0.137. The van der Waals surface area contributed by atoms with Gasteiger partial charge in [-0.25, -0.2) is 0 Å². The quantitative estimate of drug-likeness (QED) is 0.758. The van der Waals surface area contributed by atoms with E-state index < -0.39 is 5.97 Å². The molecule has 5 nitrogen and oxygen atoms in total. The highest BCUT2D eigenvalue weighted by Crippen LogP contribution is 2.19. The second-order valence-corrected chi connectivity index (χ2v) is 4.21. The average molecular weight is 246 g/mol. The molecule has 0 unspecified atom stereocenters. The summed E-state index contributed by atoms with van der Waals surface area (Å²) < 4.78 is 0. The highest BCUT2D eigenvalue weighted by molar-refractivity contribution is 5.90. The molecular formula is C13H14N2O3. The van der Waals surface area contributed by atoms with Crippen molar-refractivity contribution in [2.75, 3.05) is 6.54 Å². The van der Waals surface area contributed by atoms with Gasteiger partial charge in [-0.05, 0) is 24.6 Å². The van der Waals surface area contributed by atoms with Crippen LogP contribution in [0.25, 0.3) is 10.9 Å².